The first kappa shape index (κ1) is 25.6. The van der Waals surface area contributed by atoms with Gasteiger partial charge >= 0.3 is 5.97 Å². The van der Waals surface area contributed by atoms with Crippen LogP contribution < -0.4 is 10.4 Å². The summed E-state index contributed by atoms with van der Waals surface area (Å²) in [5.41, 5.74) is 0. The fourth-order valence-electron chi connectivity index (χ4n) is 4.76. The highest BCUT2D eigenvalue weighted by Gasteiger charge is 2.50. The lowest BCUT2D eigenvalue weighted by Gasteiger charge is -2.43. The van der Waals surface area contributed by atoms with E-state index in [9.17, 15) is 4.79 Å². The molecule has 6 heteroatoms. The van der Waals surface area contributed by atoms with Crippen molar-refractivity contribution in [3.05, 3.63) is 60.7 Å². The van der Waals surface area contributed by atoms with E-state index in [-0.39, 0.29) is 29.8 Å². The number of esters is 1. The van der Waals surface area contributed by atoms with Gasteiger partial charge < -0.3 is 18.6 Å². The number of hydrogen-bond acceptors (Lipinski definition) is 5. The van der Waals surface area contributed by atoms with Crippen molar-refractivity contribution in [2.75, 3.05) is 27.1 Å². The Morgan fingerprint density at radius 2 is 1.52 bits per heavy atom. The minimum atomic E-state index is -2.58. The van der Waals surface area contributed by atoms with Gasteiger partial charge in [-0.1, -0.05) is 81.4 Å². The van der Waals surface area contributed by atoms with Crippen molar-refractivity contribution in [1.82, 2.24) is 0 Å². The summed E-state index contributed by atoms with van der Waals surface area (Å²) in [5.74, 6) is -0.219. The van der Waals surface area contributed by atoms with Gasteiger partial charge in [0.05, 0.1) is 12.5 Å². The molecule has 0 spiro atoms. The van der Waals surface area contributed by atoms with Crippen LogP contribution in [0.2, 0.25) is 5.04 Å². The molecule has 180 valence electrons. The highest BCUT2D eigenvalue weighted by atomic mass is 28.4. The number of hydrogen-bond donors (Lipinski definition) is 0. The number of carbonyl (C=O) groups excluding carboxylic acids is 1. The summed E-state index contributed by atoms with van der Waals surface area (Å²) in [7, 11) is -0.978. The maximum Gasteiger partial charge on any atom is 0.309 e. The van der Waals surface area contributed by atoms with E-state index in [1.807, 2.05) is 12.1 Å². The van der Waals surface area contributed by atoms with Crippen LogP contribution in [0.25, 0.3) is 0 Å². The molecular weight excluding hydrogens is 432 g/mol. The standard InChI is InChI=1S/C27H38O5Si/c1-27(2,3)33(24-11-7-5-8-12-24,25-13-9-6-10-14-25)31-20-17-22-15-16-23(32-26(22)28)18-19-30-21-29-4/h5-14,22-23H,15-21H2,1-4H3. The van der Waals surface area contributed by atoms with Crippen LogP contribution in [0.15, 0.2) is 60.7 Å². The molecule has 1 aliphatic heterocycles. The van der Waals surface area contributed by atoms with E-state index in [0.29, 0.717) is 26.1 Å². The number of ether oxygens (including phenoxy) is 3. The van der Waals surface area contributed by atoms with E-state index in [1.54, 1.807) is 7.11 Å². The molecule has 0 radical (unpaired) electrons. The number of benzene rings is 2. The lowest BCUT2D eigenvalue weighted by atomic mass is 9.94. The molecule has 2 atom stereocenters. The van der Waals surface area contributed by atoms with Crippen LogP contribution >= 0.6 is 0 Å². The van der Waals surface area contributed by atoms with Crippen molar-refractivity contribution < 1.29 is 23.4 Å². The van der Waals surface area contributed by atoms with Gasteiger partial charge in [-0.15, -0.1) is 0 Å². The molecule has 1 saturated heterocycles. The van der Waals surface area contributed by atoms with Crippen LogP contribution in [-0.2, 0) is 23.4 Å². The second kappa shape index (κ2) is 11.9. The minimum Gasteiger partial charge on any atom is -0.462 e. The molecule has 2 unspecified atom stereocenters. The van der Waals surface area contributed by atoms with E-state index < -0.39 is 8.32 Å². The van der Waals surface area contributed by atoms with Gasteiger partial charge in [0.25, 0.3) is 8.32 Å². The Morgan fingerprint density at radius 3 is 2.03 bits per heavy atom. The smallest absolute Gasteiger partial charge is 0.309 e. The molecule has 33 heavy (non-hydrogen) atoms. The first-order valence-electron chi connectivity index (χ1n) is 11.9. The van der Waals surface area contributed by atoms with E-state index >= 15 is 0 Å². The topological polar surface area (TPSA) is 54.0 Å². The van der Waals surface area contributed by atoms with Crippen LogP contribution in [-0.4, -0.2) is 47.5 Å². The second-order valence-corrected chi connectivity index (χ2v) is 14.0. The first-order valence-corrected chi connectivity index (χ1v) is 13.8. The van der Waals surface area contributed by atoms with Crippen molar-refractivity contribution in [2.45, 2.75) is 57.6 Å². The molecule has 5 nitrogen and oxygen atoms in total. The quantitative estimate of drug-likeness (QED) is 0.212. The third-order valence-corrected chi connectivity index (χ3v) is 11.5. The van der Waals surface area contributed by atoms with Crippen LogP contribution in [0.1, 0.15) is 46.5 Å². The van der Waals surface area contributed by atoms with Crippen LogP contribution in [0, 0.1) is 5.92 Å². The molecule has 0 aromatic heterocycles. The second-order valence-electron chi connectivity index (χ2n) is 9.74. The van der Waals surface area contributed by atoms with Gasteiger partial charge in [-0.3, -0.25) is 4.79 Å². The fourth-order valence-corrected chi connectivity index (χ4v) is 9.34. The molecule has 0 aliphatic carbocycles. The van der Waals surface area contributed by atoms with Crippen molar-refractivity contribution in [2.24, 2.45) is 5.92 Å². The summed E-state index contributed by atoms with van der Waals surface area (Å²) in [6, 6.07) is 21.2. The molecule has 0 N–H and O–H groups in total. The third kappa shape index (κ3) is 6.32. The van der Waals surface area contributed by atoms with Crippen molar-refractivity contribution in [3.63, 3.8) is 0 Å². The summed E-state index contributed by atoms with van der Waals surface area (Å²) < 4.78 is 22.9. The molecule has 2 aromatic carbocycles. The van der Waals surface area contributed by atoms with Crippen LogP contribution in [0.3, 0.4) is 0 Å². The molecule has 1 aliphatic rings. The summed E-state index contributed by atoms with van der Waals surface area (Å²) in [5, 5.41) is 2.44. The number of rotatable bonds is 11. The van der Waals surface area contributed by atoms with Gasteiger partial charge in [0.1, 0.15) is 12.9 Å². The molecular formula is C27H38O5Si. The fraction of sp³-hybridized carbons (Fsp3) is 0.519. The van der Waals surface area contributed by atoms with Crippen molar-refractivity contribution >= 4 is 24.7 Å². The maximum atomic E-state index is 12.7. The van der Waals surface area contributed by atoms with E-state index in [2.05, 4.69) is 69.3 Å². The van der Waals surface area contributed by atoms with Crippen LogP contribution in [0.5, 0.6) is 0 Å². The zero-order chi connectivity index (χ0) is 23.7. The largest absolute Gasteiger partial charge is 0.462 e. The Hall–Kier alpha value is -1.99. The Labute approximate surface area is 199 Å². The molecule has 1 fully saturated rings. The Balaban J connectivity index is 1.68. The summed E-state index contributed by atoms with van der Waals surface area (Å²) in [4.78, 5) is 12.7. The van der Waals surface area contributed by atoms with E-state index in [0.717, 1.165) is 12.8 Å². The molecule has 3 rings (SSSR count). The predicted octanol–water partition coefficient (Wildman–Crippen LogP) is 4.29. The van der Waals surface area contributed by atoms with E-state index in [4.69, 9.17) is 18.6 Å². The van der Waals surface area contributed by atoms with Crippen molar-refractivity contribution in [1.29, 1.82) is 0 Å². The van der Waals surface area contributed by atoms with Crippen molar-refractivity contribution in [3.8, 4) is 0 Å². The lowest BCUT2D eigenvalue weighted by Crippen LogP contribution is -2.66. The summed E-state index contributed by atoms with van der Waals surface area (Å²) >= 11 is 0. The zero-order valence-electron chi connectivity index (χ0n) is 20.4. The Morgan fingerprint density at radius 1 is 0.909 bits per heavy atom. The van der Waals surface area contributed by atoms with Gasteiger partial charge in [-0.2, -0.15) is 0 Å². The van der Waals surface area contributed by atoms with Crippen LogP contribution in [0.4, 0.5) is 0 Å². The number of methoxy groups -OCH3 is 1. The first-order chi connectivity index (χ1) is 15.9. The molecule has 0 amide bonds. The summed E-state index contributed by atoms with van der Waals surface area (Å²) in [6.45, 7) is 8.14. The highest BCUT2D eigenvalue weighted by Crippen LogP contribution is 2.37. The predicted molar refractivity (Wildman–Crippen MR) is 133 cm³/mol. The Kier molecular flexibility index (Phi) is 9.26. The minimum absolute atomic E-state index is 0.0665. The molecule has 0 bridgehead atoms. The average Bonchev–Trinajstić information content (AvgIpc) is 2.81. The average molecular weight is 471 g/mol. The number of cyclic esters (lactones) is 1. The highest BCUT2D eigenvalue weighted by molar-refractivity contribution is 6.99. The van der Waals surface area contributed by atoms with Gasteiger partial charge in [0.2, 0.25) is 0 Å². The normalized spacial score (nSPS) is 19.3. The maximum absolute atomic E-state index is 12.7. The molecule has 0 saturated carbocycles. The SMILES string of the molecule is COCOCCC1CCC(CCO[Si](c2ccccc2)(c2ccccc2)C(C)(C)C)C(=O)O1. The molecule has 2 aromatic rings. The van der Waals surface area contributed by atoms with E-state index in [1.165, 1.54) is 10.4 Å². The van der Waals surface area contributed by atoms with Gasteiger partial charge in [-0.25, -0.2) is 0 Å². The number of carbonyl (C=O) groups is 1. The van der Waals surface area contributed by atoms with Gasteiger partial charge in [-0.05, 0) is 34.7 Å². The monoisotopic (exact) mass is 470 g/mol. The Bertz CT molecular complexity index is 810. The molecule has 1 heterocycles. The zero-order valence-corrected chi connectivity index (χ0v) is 21.4. The van der Waals surface area contributed by atoms with Gasteiger partial charge in [0.15, 0.2) is 0 Å². The lowest BCUT2D eigenvalue weighted by molar-refractivity contribution is -0.162. The summed E-state index contributed by atoms with van der Waals surface area (Å²) in [6.07, 6.45) is 3.02. The van der Waals surface area contributed by atoms with Gasteiger partial charge in [0, 0.05) is 20.1 Å². The third-order valence-electron chi connectivity index (χ3n) is 6.44.